The fourth-order valence-corrected chi connectivity index (χ4v) is 5.32. The van der Waals surface area contributed by atoms with Gasteiger partial charge in [-0.1, -0.05) is 47.6 Å². The normalized spacial score (nSPS) is 14.7. The molecule has 1 aromatic heterocycles. The highest BCUT2D eigenvalue weighted by molar-refractivity contribution is 7.07. The first-order chi connectivity index (χ1) is 18.9. The van der Waals surface area contributed by atoms with Crippen molar-refractivity contribution < 1.29 is 28.5 Å². The molecule has 202 valence electrons. The molecule has 0 radical (unpaired) electrons. The molecule has 0 aliphatic carbocycles. The predicted molar refractivity (Wildman–Crippen MR) is 147 cm³/mol. The van der Waals surface area contributed by atoms with Crippen LogP contribution in [-0.2, 0) is 14.3 Å². The molecule has 3 aromatic rings. The van der Waals surface area contributed by atoms with Crippen LogP contribution in [0, 0.1) is 12.3 Å². The topological polar surface area (TPSA) is 97.6 Å². The minimum absolute atomic E-state index is 0.0317. The van der Waals surface area contributed by atoms with Gasteiger partial charge in [-0.25, -0.2) is 9.79 Å². The van der Waals surface area contributed by atoms with Crippen molar-refractivity contribution in [3.05, 3.63) is 84.5 Å². The van der Waals surface area contributed by atoms with Gasteiger partial charge >= 0.3 is 5.97 Å². The van der Waals surface area contributed by atoms with Gasteiger partial charge in [0.2, 0.25) is 0 Å². The van der Waals surface area contributed by atoms with Crippen LogP contribution >= 0.6 is 11.3 Å². The second kappa shape index (κ2) is 12.5. The Balaban J connectivity index is 1.93. The number of ether oxygens (including phenoxy) is 5. The Morgan fingerprint density at radius 1 is 1.10 bits per heavy atom. The van der Waals surface area contributed by atoms with Crippen molar-refractivity contribution in [3.63, 3.8) is 0 Å². The van der Waals surface area contributed by atoms with E-state index in [4.69, 9.17) is 30.1 Å². The Bertz CT molecular complexity index is 1630. The third kappa shape index (κ3) is 5.60. The van der Waals surface area contributed by atoms with Gasteiger partial charge in [0.1, 0.15) is 25.0 Å². The fourth-order valence-electron chi connectivity index (χ4n) is 4.28. The number of methoxy groups -OCH3 is 3. The van der Waals surface area contributed by atoms with E-state index in [2.05, 4.69) is 10.9 Å². The smallest absolute Gasteiger partial charge is 0.338 e. The van der Waals surface area contributed by atoms with Crippen molar-refractivity contribution in [2.75, 3.05) is 41.2 Å². The van der Waals surface area contributed by atoms with E-state index < -0.39 is 12.0 Å². The number of fused-ring (bicyclic) bond motifs is 1. The van der Waals surface area contributed by atoms with Gasteiger partial charge in [0.25, 0.3) is 5.56 Å². The lowest BCUT2D eigenvalue weighted by Crippen LogP contribution is -2.40. The van der Waals surface area contributed by atoms with Crippen molar-refractivity contribution in [2.24, 2.45) is 4.99 Å². The van der Waals surface area contributed by atoms with E-state index in [1.807, 2.05) is 18.2 Å². The molecule has 4 rings (SSSR count). The second-order valence-electron chi connectivity index (χ2n) is 8.32. The quantitative estimate of drug-likeness (QED) is 0.218. The van der Waals surface area contributed by atoms with Gasteiger partial charge < -0.3 is 23.7 Å². The van der Waals surface area contributed by atoms with Crippen LogP contribution in [0.4, 0.5) is 0 Å². The summed E-state index contributed by atoms with van der Waals surface area (Å²) in [6.45, 7) is 2.05. The average Bonchev–Trinajstić information content (AvgIpc) is 3.25. The van der Waals surface area contributed by atoms with Gasteiger partial charge in [-0.15, -0.1) is 6.42 Å². The lowest BCUT2D eigenvalue weighted by Gasteiger charge is -2.26. The summed E-state index contributed by atoms with van der Waals surface area (Å²) < 4.78 is 29.1. The van der Waals surface area contributed by atoms with E-state index in [1.165, 1.54) is 37.2 Å². The first-order valence-corrected chi connectivity index (χ1v) is 12.8. The molecule has 1 unspecified atom stereocenters. The summed E-state index contributed by atoms with van der Waals surface area (Å²) >= 11 is 1.20. The zero-order valence-corrected chi connectivity index (χ0v) is 22.9. The fraction of sp³-hybridized carbons (Fsp3) is 0.276. The van der Waals surface area contributed by atoms with Crippen LogP contribution < -0.4 is 29.1 Å². The summed E-state index contributed by atoms with van der Waals surface area (Å²) in [6.07, 6.45) is 7.10. The van der Waals surface area contributed by atoms with E-state index in [0.717, 1.165) is 0 Å². The number of terminal acetylenes is 1. The van der Waals surface area contributed by atoms with Crippen LogP contribution in [0.2, 0.25) is 0 Å². The van der Waals surface area contributed by atoms with Crippen molar-refractivity contribution in [1.82, 2.24) is 4.57 Å². The summed E-state index contributed by atoms with van der Waals surface area (Å²) in [6, 6.07) is 11.8. The molecule has 10 heteroatoms. The molecular formula is C29H28N2O7S. The van der Waals surface area contributed by atoms with Gasteiger partial charge in [0.15, 0.2) is 16.3 Å². The first kappa shape index (κ1) is 27.7. The number of allylic oxidation sites excluding steroid dienone is 1. The van der Waals surface area contributed by atoms with Gasteiger partial charge in [0.05, 0.1) is 36.6 Å². The predicted octanol–water partition coefficient (Wildman–Crippen LogP) is 2.45. The molecule has 0 fully saturated rings. The van der Waals surface area contributed by atoms with Crippen LogP contribution in [-0.4, -0.2) is 51.7 Å². The minimum atomic E-state index is -0.822. The van der Waals surface area contributed by atoms with Crippen LogP contribution in [0.5, 0.6) is 17.2 Å². The number of hydrogen-bond acceptors (Lipinski definition) is 9. The molecule has 0 saturated heterocycles. The lowest BCUT2D eigenvalue weighted by molar-refractivity contribution is -0.140. The third-order valence-electron chi connectivity index (χ3n) is 6.01. The average molecular weight is 549 g/mol. The Morgan fingerprint density at radius 3 is 2.56 bits per heavy atom. The molecule has 1 atom stereocenters. The molecule has 2 aromatic carbocycles. The number of carbonyl (C=O) groups is 1. The van der Waals surface area contributed by atoms with Crippen molar-refractivity contribution >= 4 is 23.4 Å². The molecule has 9 nitrogen and oxygen atoms in total. The highest BCUT2D eigenvalue weighted by atomic mass is 32.1. The molecule has 0 bridgehead atoms. The SMILES string of the molecule is C#CCOc1c(C=c2sc3n(c2=O)C(c2ccccc2OC)C(C(=O)OCCOC)=C(C)N=3)cccc1OC. The van der Waals surface area contributed by atoms with E-state index in [1.54, 1.807) is 37.3 Å². The Labute approximate surface area is 229 Å². The Morgan fingerprint density at radius 2 is 1.85 bits per heavy atom. The maximum Gasteiger partial charge on any atom is 0.338 e. The Kier molecular flexibility index (Phi) is 8.86. The summed E-state index contributed by atoms with van der Waals surface area (Å²) in [4.78, 5) is 32.3. The highest BCUT2D eigenvalue weighted by Crippen LogP contribution is 2.36. The molecule has 0 saturated carbocycles. The van der Waals surface area contributed by atoms with Crippen LogP contribution in [0.25, 0.3) is 6.08 Å². The van der Waals surface area contributed by atoms with E-state index in [0.29, 0.717) is 43.4 Å². The number of hydrogen-bond donors (Lipinski definition) is 0. The molecular weight excluding hydrogens is 520 g/mol. The maximum atomic E-state index is 14.0. The van der Waals surface area contributed by atoms with Gasteiger partial charge in [0, 0.05) is 18.2 Å². The number of nitrogens with zero attached hydrogens (tertiary/aromatic N) is 2. The van der Waals surface area contributed by atoms with Crippen molar-refractivity contribution in [1.29, 1.82) is 0 Å². The first-order valence-electron chi connectivity index (χ1n) is 12.0. The number of para-hydroxylation sites is 2. The van der Waals surface area contributed by atoms with Crippen molar-refractivity contribution in [3.8, 4) is 29.6 Å². The number of thiazole rings is 1. The van der Waals surface area contributed by atoms with Crippen LogP contribution in [0.15, 0.2) is 63.5 Å². The summed E-state index contributed by atoms with van der Waals surface area (Å²) in [5, 5.41) is 0. The number of rotatable bonds is 10. The van der Waals surface area contributed by atoms with Gasteiger partial charge in [-0.05, 0) is 25.1 Å². The van der Waals surface area contributed by atoms with Gasteiger partial charge in [-0.3, -0.25) is 9.36 Å². The summed E-state index contributed by atoms with van der Waals surface area (Å²) in [5.41, 5.74) is 1.59. The summed E-state index contributed by atoms with van der Waals surface area (Å²) in [5.74, 6) is 3.28. The number of carbonyl (C=O) groups excluding carboxylic acids is 1. The van der Waals surface area contributed by atoms with Crippen LogP contribution in [0.1, 0.15) is 24.1 Å². The molecule has 0 N–H and O–H groups in total. The zero-order chi connectivity index (χ0) is 27.9. The van der Waals surface area contributed by atoms with E-state index in [-0.39, 0.29) is 31.0 Å². The Hall–Kier alpha value is -4.33. The largest absolute Gasteiger partial charge is 0.496 e. The molecule has 0 spiro atoms. The summed E-state index contributed by atoms with van der Waals surface area (Å²) in [7, 11) is 4.59. The molecule has 2 heterocycles. The number of aromatic nitrogens is 1. The molecule has 0 amide bonds. The van der Waals surface area contributed by atoms with Crippen molar-refractivity contribution in [2.45, 2.75) is 13.0 Å². The van der Waals surface area contributed by atoms with Crippen LogP contribution in [0.3, 0.4) is 0 Å². The zero-order valence-electron chi connectivity index (χ0n) is 22.1. The number of esters is 1. The monoisotopic (exact) mass is 548 g/mol. The maximum absolute atomic E-state index is 14.0. The van der Waals surface area contributed by atoms with Gasteiger partial charge in [-0.2, -0.15) is 0 Å². The van der Waals surface area contributed by atoms with E-state index in [9.17, 15) is 9.59 Å². The standard InChI is InChI=1S/C29H28N2O7S/c1-6-14-37-26-19(10-9-13-22(26)36-5)17-23-27(32)31-25(20-11-7-8-12-21(20)35-4)24(18(2)30-29(31)39-23)28(33)38-16-15-34-3/h1,7-13,17,25H,14-16H2,2-5H3. The number of benzene rings is 2. The third-order valence-corrected chi connectivity index (χ3v) is 6.99. The molecule has 39 heavy (non-hydrogen) atoms. The molecule has 1 aliphatic rings. The highest BCUT2D eigenvalue weighted by Gasteiger charge is 2.35. The second-order valence-corrected chi connectivity index (χ2v) is 9.33. The lowest BCUT2D eigenvalue weighted by atomic mass is 9.95. The minimum Gasteiger partial charge on any atom is -0.496 e. The van der Waals surface area contributed by atoms with E-state index >= 15 is 0 Å². The molecule has 1 aliphatic heterocycles.